The van der Waals surface area contributed by atoms with Crippen molar-refractivity contribution in [3.05, 3.63) is 0 Å². The van der Waals surface area contributed by atoms with Gasteiger partial charge in [-0.3, -0.25) is 0 Å². The number of carbonyl (C=O) groups excluding carboxylic acids is 1. The first kappa shape index (κ1) is 16.3. The number of nitrogens with two attached hydrogens (primary N) is 1. The molecule has 112 valence electrons. The molecule has 1 saturated carbocycles. The number of alkyl carbamates (subject to hydrolysis) is 1. The first-order chi connectivity index (χ1) is 8.78. The lowest BCUT2D eigenvalue weighted by atomic mass is 9.84. The summed E-state index contributed by atoms with van der Waals surface area (Å²) in [6.07, 6.45) is 6.78. The van der Waals surface area contributed by atoms with Gasteiger partial charge in [0.15, 0.2) is 0 Å². The van der Waals surface area contributed by atoms with E-state index in [2.05, 4.69) is 5.32 Å². The minimum atomic E-state index is -0.356. The maximum Gasteiger partial charge on any atom is 0.407 e. The number of ether oxygens (including phenoxy) is 1. The minimum Gasteiger partial charge on any atom is -0.445 e. The molecule has 0 aromatic carbocycles. The van der Waals surface area contributed by atoms with E-state index in [1.807, 2.05) is 27.7 Å². The average Bonchev–Trinajstić information content (AvgIpc) is 2.26. The molecular formula is C15H30N2O2. The van der Waals surface area contributed by atoms with Crippen LogP contribution in [-0.4, -0.2) is 23.8 Å². The van der Waals surface area contributed by atoms with E-state index in [4.69, 9.17) is 10.5 Å². The smallest absolute Gasteiger partial charge is 0.407 e. The Kier molecular flexibility index (Phi) is 6.11. The largest absolute Gasteiger partial charge is 0.445 e. The van der Waals surface area contributed by atoms with E-state index in [9.17, 15) is 4.79 Å². The maximum atomic E-state index is 11.8. The molecule has 0 unspecified atom stereocenters. The summed E-state index contributed by atoms with van der Waals surface area (Å²) in [6, 6.07) is -0.118. The predicted molar refractivity (Wildman–Crippen MR) is 78.0 cm³/mol. The lowest BCUT2D eigenvalue weighted by Crippen LogP contribution is -2.45. The Morgan fingerprint density at radius 1 is 1.32 bits per heavy atom. The summed E-state index contributed by atoms with van der Waals surface area (Å²) in [4.78, 5) is 11.8. The third-order valence-electron chi connectivity index (χ3n) is 3.61. The van der Waals surface area contributed by atoms with Gasteiger partial charge >= 0.3 is 6.09 Å². The maximum absolute atomic E-state index is 11.8. The van der Waals surface area contributed by atoms with Gasteiger partial charge in [0.2, 0.25) is 0 Å². The van der Waals surface area contributed by atoms with Crippen molar-refractivity contribution in [2.45, 2.75) is 83.9 Å². The molecule has 0 radical (unpaired) electrons. The van der Waals surface area contributed by atoms with Gasteiger partial charge < -0.3 is 15.8 Å². The van der Waals surface area contributed by atoms with Crippen LogP contribution in [0.3, 0.4) is 0 Å². The normalized spacial score (nSPS) is 20.7. The van der Waals surface area contributed by atoms with E-state index < -0.39 is 0 Å². The number of carbonyl (C=O) groups is 1. The molecule has 0 heterocycles. The van der Waals surface area contributed by atoms with Crippen LogP contribution in [0.5, 0.6) is 0 Å². The Morgan fingerprint density at radius 3 is 2.37 bits per heavy atom. The summed E-state index contributed by atoms with van der Waals surface area (Å²) < 4.78 is 5.52. The van der Waals surface area contributed by atoms with Crippen LogP contribution in [0.4, 0.5) is 4.79 Å². The van der Waals surface area contributed by atoms with Crippen LogP contribution in [-0.2, 0) is 4.74 Å². The van der Waals surface area contributed by atoms with E-state index in [1.54, 1.807) is 0 Å². The first-order valence-electron chi connectivity index (χ1n) is 7.52. The Labute approximate surface area is 117 Å². The van der Waals surface area contributed by atoms with Crippen molar-refractivity contribution in [2.75, 3.05) is 0 Å². The fourth-order valence-corrected chi connectivity index (χ4v) is 2.59. The summed E-state index contributed by atoms with van der Waals surface area (Å²) in [7, 11) is 0. The van der Waals surface area contributed by atoms with Crippen molar-refractivity contribution >= 4 is 6.09 Å². The Balaban J connectivity index is 2.45. The van der Waals surface area contributed by atoms with Gasteiger partial charge in [0.05, 0.1) is 0 Å². The highest BCUT2D eigenvalue weighted by Gasteiger charge is 2.26. The molecule has 19 heavy (non-hydrogen) atoms. The second-order valence-electron chi connectivity index (χ2n) is 6.92. The van der Waals surface area contributed by atoms with Gasteiger partial charge in [-0.25, -0.2) is 4.79 Å². The zero-order valence-corrected chi connectivity index (χ0v) is 12.9. The van der Waals surface area contributed by atoms with Crippen LogP contribution in [0.2, 0.25) is 0 Å². The number of hydrogen-bond acceptors (Lipinski definition) is 3. The molecule has 0 aliphatic heterocycles. The molecular weight excluding hydrogens is 240 g/mol. The van der Waals surface area contributed by atoms with Gasteiger partial charge in [-0.15, -0.1) is 0 Å². The lowest BCUT2D eigenvalue weighted by molar-refractivity contribution is 0.0607. The molecule has 1 aliphatic carbocycles. The molecule has 0 bridgehead atoms. The second-order valence-corrected chi connectivity index (χ2v) is 6.92. The fourth-order valence-electron chi connectivity index (χ4n) is 2.59. The van der Waals surface area contributed by atoms with Crippen molar-refractivity contribution in [1.82, 2.24) is 5.32 Å². The second kappa shape index (κ2) is 7.13. The number of hydrogen-bond donors (Lipinski definition) is 2. The SMILES string of the molecule is C[C@H](N)[C@H](CC1CCCCC1)OC(=O)NC(C)(C)C. The summed E-state index contributed by atoms with van der Waals surface area (Å²) in [6.45, 7) is 7.74. The summed E-state index contributed by atoms with van der Waals surface area (Å²) in [5, 5.41) is 2.83. The highest BCUT2D eigenvalue weighted by atomic mass is 16.6. The predicted octanol–water partition coefficient (Wildman–Crippen LogP) is 3.20. The molecule has 1 rings (SSSR count). The third-order valence-corrected chi connectivity index (χ3v) is 3.61. The molecule has 2 atom stereocenters. The number of rotatable bonds is 4. The van der Waals surface area contributed by atoms with Crippen LogP contribution in [0.1, 0.15) is 66.2 Å². The molecule has 0 aromatic heterocycles. The van der Waals surface area contributed by atoms with Gasteiger partial charge in [-0.1, -0.05) is 32.1 Å². The quantitative estimate of drug-likeness (QED) is 0.824. The highest BCUT2D eigenvalue weighted by molar-refractivity contribution is 5.68. The van der Waals surface area contributed by atoms with E-state index in [1.165, 1.54) is 32.1 Å². The van der Waals surface area contributed by atoms with Crippen molar-refractivity contribution < 1.29 is 9.53 Å². The van der Waals surface area contributed by atoms with Crippen molar-refractivity contribution in [2.24, 2.45) is 11.7 Å². The Bertz CT molecular complexity index is 278. The highest BCUT2D eigenvalue weighted by Crippen LogP contribution is 2.28. The fraction of sp³-hybridized carbons (Fsp3) is 0.933. The van der Waals surface area contributed by atoms with E-state index in [0.29, 0.717) is 5.92 Å². The monoisotopic (exact) mass is 270 g/mol. The molecule has 0 saturated heterocycles. The minimum absolute atomic E-state index is 0.118. The summed E-state index contributed by atoms with van der Waals surface area (Å²) in [5.74, 6) is 0.659. The summed E-state index contributed by atoms with van der Waals surface area (Å²) in [5.41, 5.74) is 5.69. The molecule has 1 amide bonds. The van der Waals surface area contributed by atoms with Gasteiger partial charge in [0.1, 0.15) is 6.10 Å². The average molecular weight is 270 g/mol. The zero-order valence-electron chi connectivity index (χ0n) is 12.9. The first-order valence-corrected chi connectivity index (χ1v) is 7.52. The number of amides is 1. The molecule has 0 spiro atoms. The van der Waals surface area contributed by atoms with E-state index in [0.717, 1.165) is 6.42 Å². The topological polar surface area (TPSA) is 64.3 Å². The van der Waals surface area contributed by atoms with Crippen LogP contribution < -0.4 is 11.1 Å². The lowest BCUT2D eigenvalue weighted by Gasteiger charge is -2.29. The van der Waals surface area contributed by atoms with Gasteiger partial charge in [0.25, 0.3) is 0 Å². The summed E-state index contributed by atoms with van der Waals surface area (Å²) >= 11 is 0. The van der Waals surface area contributed by atoms with Crippen molar-refractivity contribution in [3.8, 4) is 0 Å². The standard InChI is InChI=1S/C15H30N2O2/c1-11(16)13(10-12-8-6-5-7-9-12)19-14(18)17-15(2,3)4/h11-13H,5-10,16H2,1-4H3,(H,17,18)/t11-,13-/m0/s1. The van der Waals surface area contributed by atoms with Crippen LogP contribution in [0.25, 0.3) is 0 Å². The molecule has 3 N–H and O–H groups in total. The van der Waals surface area contributed by atoms with E-state index >= 15 is 0 Å². The van der Waals surface area contributed by atoms with Crippen molar-refractivity contribution in [3.63, 3.8) is 0 Å². The Morgan fingerprint density at radius 2 is 1.89 bits per heavy atom. The van der Waals surface area contributed by atoms with Crippen molar-refractivity contribution in [1.29, 1.82) is 0 Å². The third kappa shape index (κ3) is 6.81. The Hall–Kier alpha value is -0.770. The van der Waals surface area contributed by atoms with Gasteiger partial charge in [0, 0.05) is 11.6 Å². The van der Waals surface area contributed by atoms with Gasteiger partial charge in [-0.2, -0.15) is 0 Å². The molecule has 1 fully saturated rings. The van der Waals surface area contributed by atoms with Gasteiger partial charge in [-0.05, 0) is 40.0 Å². The molecule has 1 aliphatic rings. The zero-order chi connectivity index (χ0) is 14.5. The van der Waals surface area contributed by atoms with Crippen LogP contribution >= 0.6 is 0 Å². The van der Waals surface area contributed by atoms with E-state index in [-0.39, 0.29) is 23.8 Å². The molecule has 0 aromatic rings. The van der Waals surface area contributed by atoms with Crippen LogP contribution in [0.15, 0.2) is 0 Å². The molecule has 4 heteroatoms. The number of nitrogens with one attached hydrogen (secondary N) is 1. The molecule has 4 nitrogen and oxygen atoms in total. The van der Waals surface area contributed by atoms with Crippen LogP contribution in [0, 0.1) is 5.92 Å².